The van der Waals surface area contributed by atoms with E-state index >= 15 is 0 Å². The van der Waals surface area contributed by atoms with Crippen molar-refractivity contribution in [2.75, 3.05) is 19.6 Å². The molecule has 3 nitrogen and oxygen atoms in total. The number of likely N-dealkylation sites (tertiary alicyclic amines) is 1. The lowest BCUT2D eigenvalue weighted by molar-refractivity contribution is -0.0260. The Labute approximate surface area is 174 Å². The van der Waals surface area contributed by atoms with Gasteiger partial charge in [-0.1, -0.05) is 46.9 Å². The maximum atomic E-state index is 12.3. The minimum atomic E-state index is -0.795. The maximum Gasteiger partial charge on any atom is 0.162 e. The van der Waals surface area contributed by atoms with Crippen LogP contribution in [-0.2, 0) is 5.60 Å². The summed E-state index contributed by atoms with van der Waals surface area (Å²) in [5, 5.41) is 12.4. The van der Waals surface area contributed by atoms with Crippen molar-refractivity contribution in [3.05, 3.63) is 68.7 Å². The summed E-state index contributed by atoms with van der Waals surface area (Å²) >= 11 is 17.8. The molecule has 0 saturated carbocycles. The Morgan fingerprint density at radius 2 is 1.67 bits per heavy atom. The maximum absolute atomic E-state index is 12.3. The second-order valence-corrected chi connectivity index (χ2v) is 8.29. The van der Waals surface area contributed by atoms with Crippen LogP contribution >= 0.6 is 34.8 Å². The summed E-state index contributed by atoms with van der Waals surface area (Å²) in [7, 11) is 0. The molecule has 27 heavy (non-hydrogen) atoms. The van der Waals surface area contributed by atoms with Crippen LogP contribution in [0.3, 0.4) is 0 Å². The first-order valence-corrected chi connectivity index (χ1v) is 10.2. The van der Waals surface area contributed by atoms with Crippen LogP contribution in [0.4, 0.5) is 0 Å². The monoisotopic (exact) mass is 425 g/mol. The summed E-state index contributed by atoms with van der Waals surface area (Å²) in [6, 6.07) is 12.4. The second kappa shape index (κ2) is 8.93. The van der Waals surface area contributed by atoms with Gasteiger partial charge >= 0.3 is 0 Å². The van der Waals surface area contributed by atoms with Crippen molar-refractivity contribution < 1.29 is 9.90 Å². The first-order valence-electron chi connectivity index (χ1n) is 9.06. The van der Waals surface area contributed by atoms with E-state index in [4.69, 9.17) is 34.8 Å². The highest BCUT2D eigenvalue weighted by Gasteiger charge is 2.33. The van der Waals surface area contributed by atoms with E-state index in [1.807, 2.05) is 24.3 Å². The Bertz CT molecular complexity index is 800. The van der Waals surface area contributed by atoms with Gasteiger partial charge < -0.3 is 10.0 Å². The minimum Gasteiger partial charge on any atom is -0.385 e. The summed E-state index contributed by atoms with van der Waals surface area (Å²) in [5.41, 5.74) is 0.721. The zero-order chi connectivity index (χ0) is 19.4. The van der Waals surface area contributed by atoms with Crippen LogP contribution in [0, 0.1) is 0 Å². The standard InChI is InChI=1S/C21H22Cl3NO2/c22-17-6-4-16(5-7-17)21(27)9-12-25(13-10-21)11-1-2-20(26)15-3-8-18(23)19(24)14-15/h3-8,14,27H,1-2,9-13H2. The molecule has 0 aliphatic carbocycles. The van der Waals surface area contributed by atoms with Gasteiger partial charge in [0.05, 0.1) is 15.6 Å². The molecule has 2 aromatic rings. The molecule has 3 rings (SSSR count). The average molecular weight is 427 g/mol. The molecule has 1 saturated heterocycles. The van der Waals surface area contributed by atoms with E-state index in [-0.39, 0.29) is 5.78 Å². The van der Waals surface area contributed by atoms with E-state index in [1.54, 1.807) is 18.2 Å². The molecule has 1 fully saturated rings. The number of benzene rings is 2. The van der Waals surface area contributed by atoms with Crippen LogP contribution in [0.15, 0.2) is 42.5 Å². The van der Waals surface area contributed by atoms with Crippen LogP contribution in [0.2, 0.25) is 15.1 Å². The van der Waals surface area contributed by atoms with Gasteiger partial charge in [0.1, 0.15) is 0 Å². The molecule has 0 spiro atoms. The SMILES string of the molecule is O=C(CCCN1CCC(O)(c2ccc(Cl)cc2)CC1)c1ccc(Cl)c(Cl)c1. The third-order valence-electron chi connectivity index (χ3n) is 5.18. The Morgan fingerprint density at radius 3 is 2.30 bits per heavy atom. The zero-order valence-electron chi connectivity index (χ0n) is 14.9. The zero-order valence-corrected chi connectivity index (χ0v) is 17.2. The van der Waals surface area contributed by atoms with E-state index in [2.05, 4.69) is 4.90 Å². The molecular formula is C21H22Cl3NO2. The van der Waals surface area contributed by atoms with Gasteiger partial charge in [0.2, 0.25) is 0 Å². The molecular weight excluding hydrogens is 405 g/mol. The predicted molar refractivity (Wildman–Crippen MR) is 111 cm³/mol. The molecule has 1 aliphatic heterocycles. The van der Waals surface area contributed by atoms with E-state index in [1.165, 1.54) is 0 Å². The molecule has 1 aliphatic rings. The summed E-state index contributed by atoms with van der Waals surface area (Å²) in [5.74, 6) is 0.0724. The summed E-state index contributed by atoms with van der Waals surface area (Å²) in [6.45, 7) is 2.45. The number of halogens is 3. The molecule has 0 aromatic heterocycles. The van der Waals surface area contributed by atoms with Gasteiger partial charge in [0.15, 0.2) is 5.78 Å². The molecule has 6 heteroatoms. The summed E-state index contributed by atoms with van der Waals surface area (Å²) in [6.07, 6.45) is 2.60. The Morgan fingerprint density at radius 1 is 1.00 bits per heavy atom. The largest absolute Gasteiger partial charge is 0.385 e. The topological polar surface area (TPSA) is 40.5 Å². The van der Waals surface area contributed by atoms with Gasteiger partial charge in [0.25, 0.3) is 0 Å². The van der Waals surface area contributed by atoms with E-state index in [0.717, 1.165) is 31.6 Å². The fraction of sp³-hybridized carbons (Fsp3) is 0.381. The lowest BCUT2D eigenvalue weighted by Gasteiger charge is -2.38. The van der Waals surface area contributed by atoms with Crippen molar-refractivity contribution >= 4 is 40.6 Å². The number of carbonyl (C=O) groups excluding carboxylic acids is 1. The quantitative estimate of drug-likeness (QED) is 0.612. The van der Waals surface area contributed by atoms with E-state index in [9.17, 15) is 9.90 Å². The highest BCUT2D eigenvalue weighted by molar-refractivity contribution is 6.42. The van der Waals surface area contributed by atoms with Crippen LogP contribution in [0.1, 0.15) is 41.6 Å². The van der Waals surface area contributed by atoms with E-state index in [0.29, 0.717) is 39.9 Å². The third-order valence-corrected chi connectivity index (χ3v) is 6.18. The number of nitrogens with zero attached hydrogens (tertiary/aromatic N) is 1. The van der Waals surface area contributed by atoms with E-state index < -0.39 is 5.60 Å². The van der Waals surface area contributed by atoms with Crippen molar-refractivity contribution in [1.29, 1.82) is 0 Å². The molecule has 0 radical (unpaired) electrons. The van der Waals surface area contributed by atoms with Crippen LogP contribution in [-0.4, -0.2) is 35.4 Å². The lowest BCUT2D eigenvalue weighted by Crippen LogP contribution is -2.42. The second-order valence-electron chi connectivity index (χ2n) is 7.04. The first-order chi connectivity index (χ1) is 12.9. The predicted octanol–water partition coefficient (Wildman–Crippen LogP) is 5.59. The summed E-state index contributed by atoms with van der Waals surface area (Å²) < 4.78 is 0. The highest BCUT2D eigenvalue weighted by atomic mass is 35.5. The Hall–Kier alpha value is -1.10. The molecule has 0 bridgehead atoms. The first kappa shape index (κ1) is 20.6. The molecule has 0 unspecified atom stereocenters. The van der Waals surface area contributed by atoms with Crippen molar-refractivity contribution in [2.24, 2.45) is 0 Å². The van der Waals surface area contributed by atoms with Crippen molar-refractivity contribution in [3.8, 4) is 0 Å². The van der Waals surface area contributed by atoms with Gasteiger partial charge in [0, 0.05) is 30.1 Å². The van der Waals surface area contributed by atoms with Crippen LogP contribution in [0.25, 0.3) is 0 Å². The smallest absolute Gasteiger partial charge is 0.162 e. The molecule has 1 heterocycles. The van der Waals surface area contributed by atoms with Gasteiger partial charge in [-0.2, -0.15) is 0 Å². The molecule has 144 valence electrons. The third kappa shape index (κ3) is 5.24. The number of ketones is 1. The summed E-state index contributed by atoms with van der Waals surface area (Å²) in [4.78, 5) is 14.6. The number of Topliss-reactive ketones (excluding diaryl/α,β-unsaturated/α-hetero) is 1. The number of hydrogen-bond acceptors (Lipinski definition) is 3. The molecule has 1 N–H and O–H groups in total. The van der Waals surface area contributed by atoms with Crippen LogP contribution in [0.5, 0.6) is 0 Å². The molecule has 2 aromatic carbocycles. The Balaban J connectivity index is 1.46. The molecule has 0 amide bonds. The number of carbonyl (C=O) groups is 1. The minimum absolute atomic E-state index is 0.0724. The lowest BCUT2D eigenvalue weighted by atomic mass is 9.84. The highest BCUT2D eigenvalue weighted by Crippen LogP contribution is 2.33. The number of piperidine rings is 1. The average Bonchev–Trinajstić information content (AvgIpc) is 2.66. The van der Waals surface area contributed by atoms with Gasteiger partial charge in [-0.25, -0.2) is 0 Å². The molecule has 0 atom stereocenters. The number of rotatable bonds is 6. The fourth-order valence-electron chi connectivity index (χ4n) is 3.47. The van der Waals surface area contributed by atoms with Crippen molar-refractivity contribution in [3.63, 3.8) is 0 Å². The number of hydrogen-bond donors (Lipinski definition) is 1. The Kier molecular flexibility index (Phi) is 6.83. The van der Waals surface area contributed by atoms with Crippen molar-refractivity contribution in [1.82, 2.24) is 4.90 Å². The number of aliphatic hydroxyl groups is 1. The normalized spacial score (nSPS) is 17.0. The van der Waals surface area contributed by atoms with Gasteiger partial charge in [-0.05, 0) is 61.7 Å². The van der Waals surface area contributed by atoms with Gasteiger partial charge in [-0.3, -0.25) is 4.79 Å². The van der Waals surface area contributed by atoms with Crippen LogP contribution < -0.4 is 0 Å². The van der Waals surface area contributed by atoms with Crippen molar-refractivity contribution in [2.45, 2.75) is 31.3 Å². The fourth-order valence-corrected chi connectivity index (χ4v) is 3.90. The van der Waals surface area contributed by atoms with Gasteiger partial charge in [-0.15, -0.1) is 0 Å².